The molecule has 0 fully saturated rings. The first kappa shape index (κ1) is 19.5. The lowest BCUT2D eigenvalue weighted by molar-refractivity contribution is 0.0602. The predicted octanol–water partition coefficient (Wildman–Crippen LogP) is 4.96. The molecule has 0 aliphatic carbocycles. The average Bonchev–Trinajstić information content (AvgIpc) is 2.73. The zero-order valence-electron chi connectivity index (χ0n) is 15.1. The Balaban J connectivity index is 1.84. The quantitative estimate of drug-likeness (QED) is 0.599. The van der Waals surface area contributed by atoms with Gasteiger partial charge in [-0.1, -0.05) is 54.1 Å². The second kappa shape index (κ2) is 9.06. The topological polar surface area (TPSA) is 64.6 Å². The smallest absolute Gasteiger partial charge is 0.339 e. The van der Waals surface area contributed by atoms with Crippen LogP contribution in [0.5, 0.6) is 5.75 Å². The number of benzene rings is 3. The van der Waals surface area contributed by atoms with Crippen LogP contribution >= 0.6 is 11.6 Å². The van der Waals surface area contributed by atoms with Crippen LogP contribution in [-0.4, -0.2) is 19.0 Å². The van der Waals surface area contributed by atoms with E-state index in [-0.39, 0.29) is 11.1 Å². The van der Waals surface area contributed by atoms with E-state index in [1.807, 2.05) is 30.3 Å². The zero-order valence-corrected chi connectivity index (χ0v) is 15.9. The highest BCUT2D eigenvalue weighted by molar-refractivity contribution is 6.31. The summed E-state index contributed by atoms with van der Waals surface area (Å²) in [4.78, 5) is 24.8. The van der Waals surface area contributed by atoms with Gasteiger partial charge in [-0.05, 0) is 35.9 Å². The Morgan fingerprint density at radius 3 is 2.39 bits per heavy atom. The van der Waals surface area contributed by atoms with Crippen molar-refractivity contribution in [3.8, 4) is 5.75 Å². The number of methoxy groups -OCH3 is 1. The Hall–Kier alpha value is -3.31. The molecule has 0 atom stereocenters. The fourth-order valence-electron chi connectivity index (χ4n) is 2.61. The molecular formula is C22H18ClNO4. The largest absolute Gasteiger partial charge is 0.488 e. The highest BCUT2D eigenvalue weighted by Crippen LogP contribution is 2.26. The molecule has 5 nitrogen and oxygen atoms in total. The zero-order chi connectivity index (χ0) is 19.9. The third-order valence-electron chi connectivity index (χ3n) is 4.00. The van der Waals surface area contributed by atoms with Crippen LogP contribution in [0.4, 0.5) is 5.69 Å². The number of anilines is 1. The van der Waals surface area contributed by atoms with Gasteiger partial charge in [0.2, 0.25) is 0 Å². The van der Waals surface area contributed by atoms with E-state index in [1.165, 1.54) is 13.2 Å². The van der Waals surface area contributed by atoms with Crippen molar-refractivity contribution in [2.45, 2.75) is 6.61 Å². The van der Waals surface area contributed by atoms with Crippen LogP contribution < -0.4 is 10.1 Å². The molecule has 0 heterocycles. The molecule has 142 valence electrons. The average molecular weight is 396 g/mol. The van der Waals surface area contributed by atoms with Crippen molar-refractivity contribution in [2.75, 3.05) is 12.4 Å². The Kier molecular flexibility index (Phi) is 6.29. The minimum Gasteiger partial charge on any atom is -0.488 e. The minimum absolute atomic E-state index is 0.257. The van der Waals surface area contributed by atoms with Gasteiger partial charge in [0.05, 0.1) is 23.9 Å². The number of carbonyl (C=O) groups is 2. The first-order valence-electron chi connectivity index (χ1n) is 8.53. The molecule has 0 radical (unpaired) electrons. The van der Waals surface area contributed by atoms with Crippen LogP contribution in [-0.2, 0) is 11.3 Å². The summed E-state index contributed by atoms with van der Waals surface area (Å²) in [7, 11) is 1.29. The molecule has 1 N–H and O–H groups in total. The van der Waals surface area contributed by atoms with E-state index >= 15 is 0 Å². The molecule has 0 aliphatic rings. The summed E-state index contributed by atoms with van der Waals surface area (Å²) >= 11 is 6.08. The Labute approximate surface area is 167 Å². The highest BCUT2D eigenvalue weighted by atomic mass is 35.5. The second-order valence-corrected chi connectivity index (χ2v) is 6.34. The number of amides is 1. The van der Waals surface area contributed by atoms with Crippen molar-refractivity contribution >= 4 is 29.2 Å². The maximum Gasteiger partial charge on any atom is 0.339 e. The molecule has 28 heavy (non-hydrogen) atoms. The van der Waals surface area contributed by atoms with Gasteiger partial charge in [-0.15, -0.1) is 0 Å². The highest BCUT2D eigenvalue weighted by Gasteiger charge is 2.18. The Morgan fingerprint density at radius 2 is 1.64 bits per heavy atom. The van der Waals surface area contributed by atoms with Crippen LogP contribution in [0.1, 0.15) is 26.3 Å². The molecular weight excluding hydrogens is 378 g/mol. The fourth-order valence-corrected chi connectivity index (χ4v) is 2.78. The molecule has 0 saturated carbocycles. The number of rotatable bonds is 6. The molecule has 0 bridgehead atoms. The number of ether oxygens (including phenoxy) is 2. The predicted molar refractivity (Wildman–Crippen MR) is 108 cm³/mol. The number of esters is 1. The summed E-state index contributed by atoms with van der Waals surface area (Å²) < 4.78 is 10.6. The number of para-hydroxylation sites is 1. The SMILES string of the molecule is COC(=O)c1ccccc1NC(=O)c1cc(Cl)ccc1OCc1ccccc1. The minimum atomic E-state index is -0.539. The third kappa shape index (κ3) is 4.69. The molecule has 6 heteroatoms. The van der Waals surface area contributed by atoms with Gasteiger partial charge < -0.3 is 14.8 Å². The number of nitrogens with one attached hydrogen (secondary N) is 1. The van der Waals surface area contributed by atoms with Gasteiger partial charge in [-0.25, -0.2) is 4.79 Å². The van der Waals surface area contributed by atoms with Crippen molar-refractivity contribution < 1.29 is 19.1 Å². The summed E-state index contributed by atoms with van der Waals surface area (Å²) in [6.45, 7) is 0.307. The van der Waals surface area contributed by atoms with Gasteiger partial charge in [-0.2, -0.15) is 0 Å². The van der Waals surface area contributed by atoms with Crippen molar-refractivity contribution in [3.63, 3.8) is 0 Å². The molecule has 0 spiro atoms. The van der Waals surface area contributed by atoms with E-state index < -0.39 is 11.9 Å². The van der Waals surface area contributed by atoms with Gasteiger partial charge in [0, 0.05) is 5.02 Å². The number of hydrogen-bond acceptors (Lipinski definition) is 4. The van der Waals surface area contributed by atoms with E-state index in [0.717, 1.165) is 5.56 Å². The Bertz CT molecular complexity index is 989. The van der Waals surface area contributed by atoms with E-state index in [2.05, 4.69) is 5.32 Å². The van der Waals surface area contributed by atoms with Crippen molar-refractivity contribution in [3.05, 3.63) is 94.5 Å². The first-order chi connectivity index (χ1) is 13.6. The monoisotopic (exact) mass is 395 g/mol. The second-order valence-electron chi connectivity index (χ2n) is 5.91. The molecule has 3 aromatic rings. The van der Waals surface area contributed by atoms with Crippen molar-refractivity contribution in [1.82, 2.24) is 0 Å². The van der Waals surface area contributed by atoms with Crippen LogP contribution in [0.25, 0.3) is 0 Å². The molecule has 3 aromatic carbocycles. The summed E-state index contributed by atoms with van der Waals surface area (Å²) in [5, 5.41) is 3.13. The van der Waals surface area contributed by atoms with Gasteiger partial charge >= 0.3 is 5.97 Å². The lowest BCUT2D eigenvalue weighted by atomic mass is 10.1. The summed E-state index contributed by atoms with van der Waals surface area (Å²) in [5.74, 6) is -0.592. The number of halogens is 1. The molecule has 3 rings (SSSR count). The van der Waals surface area contributed by atoms with E-state index in [9.17, 15) is 9.59 Å². The number of hydrogen-bond donors (Lipinski definition) is 1. The lowest BCUT2D eigenvalue weighted by Crippen LogP contribution is -2.16. The van der Waals surface area contributed by atoms with Gasteiger partial charge in [0.15, 0.2) is 0 Å². The molecule has 1 amide bonds. The van der Waals surface area contributed by atoms with Crippen LogP contribution in [0.3, 0.4) is 0 Å². The first-order valence-corrected chi connectivity index (χ1v) is 8.91. The maximum atomic E-state index is 12.9. The molecule has 0 unspecified atom stereocenters. The normalized spacial score (nSPS) is 10.2. The van der Waals surface area contributed by atoms with E-state index in [0.29, 0.717) is 23.1 Å². The van der Waals surface area contributed by atoms with Crippen molar-refractivity contribution in [2.24, 2.45) is 0 Å². The van der Waals surface area contributed by atoms with Gasteiger partial charge in [0.1, 0.15) is 12.4 Å². The standard InChI is InChI=1S/C22H18ClNO4/c1-27-22(26)17-9-5-6-10-19(17)24-21(25)18-13-16(23)11-12-20(18)28-14-15-7-3-2-4-8-15/h2-13H,14H2,1H3,(H,24,25). The molecule has 0 saturated heterocycles. The summed E-state index contributed by atoms with van der Waals surface area (Å²) in [6.07, 6.45) is 0. The van der Waals surface area contributed by atoms with E-state index in [1.54, 1.807) is 36.4 Å². The van der Waals surface area contributed by atoms with Crippen LogP contribution in [0, 0.1) is 0 Å². The molecule has 0 aromatic heterocycles. The van der Waals surface area contributed by atoms with Crippen LogP contribution in [0.15, 0.2) is 72.8 Å². The van der Waals surface area contributed by atoms with Gasteiger partial charge in [-0.3, -0.25) is 4.79 Å². The Morgan fingerprint density at radius 1 is 0.929 bits per heavy atom. The van der Waals surface area contributed by atoms with Crippen LogP contribution in [0.2, 0.25) is 5.02 Å². The fraction of sp³-hybridized carbons (Fsp3) is 0.0909. The third-order valence-corrected chi connectivity index (χ3v) is 4.24. The summed E-state index contributed by atoms with van der Waals surface area (Å²) in [5.41, 5.74) is 1.84. The van der Waals surface area contributed by atoms with Gasteiger partial charge in [0.25, 0.3) is 5.91 Å². The number of carbonyl (C=O) groups excluding carboxylic acids is 2. The summed E-state index contributed by atoms with van der Waals surface area (Å²) in [6, 6.07) is 21.0. The maximum absolute atomic E-state index is 12.9. The van der Waals surface area contributed by atoms with Crippen molar-refractivity contribution in [1.29, 1.82) is 0 Å². The molecule has 0 aliphatic heterocycles. The van der Waals surface area contributed by atoms with E-state index in [4.69, 9.17) is 21.1 Å². The lowest BCUT2D eigenvalue weighted by Gasteiger charge is -2.14.